The minimum absolute atomic E-state index is 0.000391. The van der Waals surface area contributed by atoms with E-state index < -0.39 is 6.04 Å². The molecule has 0 spiro atoms. The third kappa shape index (κ3) is 5.57. The van der Waals surface area contributed by atoms with Crippen molar-refractivity contribution >= 4 is 23.4 Å². The van der Waals surface area contributed by atoms with E-state index in [4.69, 9.17) is 4.74 Å². The summed E-state index contributed by atoms with van der Waals surface area (Å²) in [5.74, 6) is -0.729. The molecule has 7 heteroatoms. The first-order valence-corrected chi connectivity index (χ1v) is 10.4. The summed E-state index contributed by atoms with van der Waals surface area (Å²) in [6.45, 7) is 4.91. The van der Waals surface area contributed by atoms with Gasteiger partial charge in [0.15, 0.2) is 0 Å². The van der Waals surface area contributed by atoms with Crippen LogP contribution in [0.4, 0.5) is 5.69 Å². The Morgan fingerprint density at radius 1 is 1.13 bits per heavy atom. The number of nitrogens with one attached hydrogen (secondary N) is 1. The number of likely N-dealkylation sites (tertiary alicyclic amines) is 1. The van der Waals surface area contributed by atoms with Gasteiger partial charge in [0.25, 0.3) is 0 Å². The van der Waals surface area contributed by atoms with Crippen LogP contribution in [0.15, 0.2) is 48.5 Å². The average molecular weight is 424 g/mol. The maximum absolute atomic E-state index is 13.1. The van der Waals surface area contributed by atoms with Crippen molar-refractivity contribution in [3.63, 3.8) is 0 Å². The number of aryl methyl sites for hydroxylation is 1. The van der Waals surface area contributed by atoms with E-state index in [1.54, 1.807) is 12.0 Å². The van der Waals surface area contributed by atoms with Gasteiger partial charge in [0, 0.05) is 19.3 Å². The number of amides is 3. The standard InChI is InChI=1S/C24H29N3O4/c1-17-8-7-11-20(18(17)2)25-22(28)16-26(12-13-31-3)21-14-23(29)27(24(21)30)15-19-9-5-4-6-10-19/h4-11,21H,12-16H2,1-3H3,(H,25,28)/t21-/m1/s1. The molecule has 2 aromatic carbocycles. The van der Waals surface area contributed by atoms with Crippen LogP contribution in [0.3, 0.4) is 0 Å². The van der Waals surface area contributed by atoms with Crippen molar-refractivity contribution in [2.45, 2.75) is 32.9 Å². The maximum Gasteiger partial charge on any atom is 0.247 e. The summed E-state index contributed by atoms with van der Waals surface area (Å²) < 4.78 is 5.17. The molecule has 2 aromatic rings. The zero-order valence-corrected chi connectivity index (χ0v) is 18.3. The molecule has 1 heterocycles. The summed E-state index contributed by atoms with van der Waals surface area (Å²) in [6, 6.07) is 14.5. The zero-order chi connectivity index (χ0) is 22.4. The Morgan fingerprint density at radius 3 is 2.58 bits per heavy atom. The summed E-state index contributed by atoms with van der Waals surface area (Å²) in [5.41, 5.74) is 3.72. The van der Waals surface area contributed by atoms with E-state index in [-0.39, 0.29) is 37.2 Å². The molecule has 3 rings (SSSR count). The first-order chi connectivity index (χ1) is 14.9. The van der Waals surface area contributed by atoms with Gasteiger partial charge in [-0.2, -0.15) is 0 Å². The highest BCUT2D eigenvalue weighted by molar-refractivity contribution is 6.05. The minimum Gasteiger partial charge on any atom is -0.383 e. The molecule has 0 saturated carbocycles. The van der Waals surface area contributed by atoms with Crippen LogP contribution in [-0.2, 0) is 25.7 Å². The first-order valence-electron chi connectivity index (χ1n) is 10.4. The van der Waals surface area contributed by atoms with Gasteiger partial charge in [-0.25, -0.2) is 0 Å². The lowest BCUT2D eigenvalue weighted by atomic mass is 10.1. The molecule has 1 aliphatic rings. The highest BCUT2D eigenvalue weighted by Gasteiger charge is 2.42. The summed E-state index contributed by atoms with van der Waals surface area (Å²) in [6.07, 6.45) is 0.0616. The first kappa shape index (κ1) is 22.7. The number of hydrogen-bond donors (Lipinski definition) is 1. The van der Waals surface area contributed by atoms with Crippen molar-refractivity contribution in [1.29, 1.82) is 0 Å². The van der Waals surface area contributed by atoms with E-state index in [1.165, 1.54) is 4.90 Å². The monoisotopic (exact) mass is 423 g/mol. The number of nitrogens with zero attached hydrogens (tertiary/aromatic N) is 2. The van der Waals surface area contributed by atoms with Crippen LogP contribution in [-0.4, -0.2) is 60.4 Å². The molecule has 0 unspecified atom stereocenters. The van der Waals surface area contributed by atoms with Gasteiger partial charge < -0.3 is 10.1 Å². The minimum atomic E-state index is -0.671. The van der Waals surface area contributed by atoms with Crippen LogP contribution < -0.4 is 5.32 Å². The van der Waals surface area contributed by atoms with Crippen LogP contribution in [0, 0.1) is 13.8 Å². The number of carbonyl (C=O) groups is 3. The molecule has 1 N–H and O–H groups in total. The van der Waals surface area contributed by atoms with E-state index in [9.17, 15) is 14.4 Å². The predicted molar refractivity (Wildman–Crippen MR) is 118 cm³/mol. The van der Waals surface area contributed by atoms with Crippen molar-refractivity contribution in [3.05, 3.63) is 65.2 Å². The highest BCUT2D eigenvalue weighted by atomic mass is 16.5. The Bertz CT molecular complexity index is 945. The van der Waals surface area contributed by atoms with Gasteiger partial charge in [-0.05, 0) is 36.6 Å². The Balaban J connectivity index is 1.71. The second kappa shape index (κ2) is 10.3. The summed E-state index contributed by atoms with van der Waals surface area (Å²) in [7, 11) is 1.57. The van der Waals surface area contributed by atoms with E-state index >= 15 is 0 Å². The van der Waals surface area contributed by atoms with Gasteiger partial charge in [-0.3, -0.25) is 24.2 Å². The number of methoxy groups -OCH3 is 1. The summed E-state index contributed by atoms with van der Waals surface area (Å²) in [4.78, 5) is 41.4. The van der Waals surface area contributed by atoms with Crippen LogP contribution in [0.25, 0.3) is 0 Å². The molecule has 1 aliphatic heterocycles. The Morgan fingerprint density at radius 2 is 1.87 bits per heavy atom. The van der Waals surface area contributed by atoms with E-state index in [1.807, 2.05) is 62.4 Å². The molecule has 1 saturated heterocycles. The second-order valence-corrected chi connectivity index (χ2v) is 7.78. The molecule has 3 amide bonds. The molecular weight excluding hydrogens is 394 g/mol. The van der Waals surface area contributed by atoms with Gasteiger partial charge in [0.05, 0.1) is 32.2 Å². The molecule has 0 aromatic heterocycles. The molecule has 1 atom stereocenters. The lowest BCUT2D eigenvalue weighted by molar-refractivity contribution is -0.140. The Kier molecular flexibility index (Phi) is 7.55. The maximum atomic E-state index is 13.1. The number of imide groups is 1. The van der Waals surface area contributed by atoms with Crippen LogP contribution >= 0.6 is 0 Å². The van der Waals surface area contributed by atoms with Crippen LogP contribution in [0.1, 0.15) is 23.1 Å². The molecule has 164 valence electrons. The number of hydrogen-bond acceptors (Lipinski definition) is 5. The number of benzene rings is 2. The Hall–Kier alpha value is -3.03. The van der Waals surface area contributed by atoms with Gasteiger partial charge in [0.2, 0.25) is 17.7 Å². The number of carbonyl (C=O) groups excluding carboxylic acids is 3. The molecule has 0 radical (unpaired) electrons. The van der Waals surface area contributed by atoms with Crippen LogP contribution in [0.2, 0.25) is 0 Å². The molecule has 0 aliphatic carbocycles. The van der Waals surface area contributed by atoms with Gasteiger partial charge >= 0.3 is 0 Å². The molecule has 0 bridgehead atoms. The van der Waals surface area contributed by atoms with Crippen molar-refractivity contribution in [2.24, 2.45) is 0 Å². The van der Waals surface area contributed by atoms with Crippen molar-refractivity contribution < 1.29 is 19.1 Å². The van der Waals surface area contributed by atoms with Crippen LogP contribution in [0.5, 0.6) is 0 Å². The fraction of sp³-hybridized carbons (Fsp3) is 0.375. The normalized spacial score (nSPS) is 16.3. The average Bonchev–Trinajstić information content (AvgIpc) is 3.03. The number of ether oxygens (including phenoxy) is 1. The van der Waals surface area contributed by atoms with Crippen molar-refractivity contribution in [1.82, 2.24) is 9.80 Å². The van der Waals surface area contributed by atoms with E-state index in [2.05, 4.69) is 5.32 Å². The smallest absolute Gasteiger partial charge is 0.247 e. The number of rotatable bonds is 9. The third-order valence-corrected chi connectivity index (χ3v) is 5.65. The van der Waals surface area contributed by atoms with E-state index in [0.29, 0.717) is 13.2 Å². The molecule has 7 nitrogen and oxygen atoms in total. The quantitative estimate of drug-likeness (QED) is 0.627. The van der Waals surface area contributed by atoms with E-state index in [0.717, 1.165) is 22.4 Å². The van der Waals surface area contributed by atoms with Crippen molar-refractivity contribution in [2.75, 3.05) is 32.1 Å². The third-order valence-electron chi connectivity index (χ3n) is 5.65. The second-order valence-electron chi connectivity index (χ2n) is 7.78. The predicted octanol–water partition coefficient (Wildman–Crippen LogP) is 2.52. The summed E-state index contributed by atoms with van der Waals surface area (Å²) >= 11 is 0. The highest BCUT2D eigenvalue weighted by Crippen LogP contribution is 2.22. The SMILES string of the molecule is COCCN(CC(=O)Nc1cccc(C)c1C)[C@@H]1CC(=O)N(Cc2ccccc2)C1=O. The molecule has 1 fully saturated rings. The van der Waals surface area contributed by atoms with Gasteiger partial charge in [-0.15, -0.1) is 0 Å². The Labute approximate surface area is 183 Å². The lowest BCUT2D eigenvalue weighted by Gasteiger charge is -2.26. The zero-order valence-electron chi connectivity index (χ0n) is 18.3. The molecular formula is C24H29N3O4. The van der Waals surface area contributed by atoms with Crippen molar-refractivity contribution in [3.8, 4) is 0 Å². The topological polar surface area (TPSA) is 79.0 Å². The van der Waals surface area contributed by atoms with Gasteiger partial charge in [0.1, 0.15) is 0 Å². The lowest BCUT2D eigenvalue weighted by Crippen LogP contribution is -2.46. The summed E-state index contributed by atoms with van der Waals surface area (Å²) in [5, 5.41) is 2.93. The molecule has 31 heavy (non-hydrogen) atoms. The largest absolute Gasteiger partial charge is 0.383 e. The fourth-order valence-electron chi connectivity index (χ4n) is 3.70. The number of anilines is 1. The van der Waals surface area contributed by atoms with Gasteiger partial charge in [-0.1, -0.05) is 42.5 Å². The fourth-order valence-corrected chi connectivity index (χ4v) is 3.70.